The first-order chi connectivity index (χ1) is 10.3. The second kappa shape index (κ2) is 6.75. The van der Waals surface area contributed by atoms with Crippen LogP contribution in [0.3, 0.4) is 0 Å². The van der Waals surface area contributed by atoms with E-state index in [1.54, 1.807) is 0 Å². The molecule has 2 aliphatic rings. The normalized spacial score (nSPS) is 26.1. The van der Waals surface area contributed by atoms with E-state index in [1.165, 1.54) is 44.6 Å². The molecule has 2 aliphatic heterocycles. The van der Waals surface area contributed by atoms with Crippen molar-refractivity contribution in [1.82, 2.24) is 15.2 Å². The molecule has 0 saturated carbocycles. The Morgan fingerprint density at radius 2 is 2.29 bits per heavy atom. The number of hydrogen-bond acceptors (Lipinski definition) is 4. The second-order valence-corrected chi connectivity index (χ2v) is 6.47. The zero-order valence-corrected chi connectivity index (χ0v) is 13.4. The lowest BCUT2D eigenvalue weighted by Gasteiger charge is -2.43. The molecule has 0 radical (unpaired) electrons. The Hall–Kier alpha value is -1.13. The van der Waals surface area contributed by atoms with Crippen LogP contribution in [0.2, 0.25) is 0 Å². The molecule has 4 nitrogen and oxygen atoms in total. The maximum atomic E-state index is 4.50. The SMILES string of the molecule is CCCNCc1cc(N2CC3CCCN3CC2C)ccn1. The Kier molecular flexibility index (Phi) is 4.76. The highest BCUT2D eigenvalue weighted by Crippen LogP contribution is 2.28. The molecule has 2 atom stereocenters. The number of rotatable bonds is 5. The maximum Gasteiger partial charge on any atom is 0.0562 e. The van der Waals surface area contributed by atoms with Crippen LogP contribution in [-0.2, 0) is 6.54 Å². The van der Waals surface area contributed by atoms with E-state index in [4.69, 9.17) is 0 Å². The zero-order chi connectivity index (χ0) is 14.7. The van der Waals surface area contributed by atoms with E-state index in [2.05, 4.69) is 46.1 Å². The van der Waals surface area contributed by atoms with E-state index in [1.807, 2.05) is 6.20 Å². The quantitative estimate of drug-likeness (QED) is 0.842. The summed E-state index contributed by atoms with van der Waals surface area (Å²) in [4.78, 5) is 9.75. The summed E-state index contributed by atoms with van der Waals surface area (Å²) >= 11 is 0. The minimum Gasteiger partial charge on any atom is -0.366 e. The number of fused-ring (bicyclic) bond motifs is 1. The molecule has 0 bridgehead atoms. The van der Waals surface area contributed by atoms with Gasteiger partial charge < -0.3 is 10.2 Å². The van der Waals surface area contributed by atoms with E-state index >= 15 is 0 Å². The summed E-state index contributed by atoms with van der Waals surface area (Å²) in [5.41, 5.74) is 2.50. The number of anilines is 1. The van der Waals surface area contributed by atoms with Crippen molar-refractivity contribution in [3.63, 3.8) is 0 Å². The van der Waals surface area contributed by atoms with Crippen LogP contribution in [0.15, 0.2) is 18.3 Å². The Balaban J connectivity index is 1.69. The average Bonchev–Trinajstić information content (AvgIpc) is 2.94. The molecule has 2 saturated heterocycles. The van der Waals surface area contributed by atoms with Gasteiger partial charge in [-0.1, -0.05) is 6.92 Å². The minimum atomic E-state index is 0.596. The van der Waals surface area contributed by atoms with Gasteiger partial charge in [-0.15, -0.1) is 0 Å². The Bertz CT molecular complexity index is 462. The molecule has 116 valence electrons. The molecule has 2 unspecified atom stereocenters. The van der Waals surface area contributed by atoms with Crippen molar-refractivity contribution in [3.8, 4) is 0 Å². The third kappa shape index (κ3) is 3.38. The standard InChI is InChI=1S/C17H28N4/c1-3-7-18-11-15-10-16(6-8-19-15)21-13-17-5-4-9-20(17)12-14(21)2/h6,8,10,14,17-18H,3-5,7,9,11-13H2,1-2H3. The summed E-state index contributed by atoms with van der Waals surface area (Å²) in [7, 11) is 0. The molecule has 1 aromatic rings. The highest BCUT2D eigenvalue weighted by Gasteiger charge is 2.34. The molecule has 4 heteroatoms. The smallest absolute Gasteiger partial charge is 0.0562 e. The van der Waals surface area contributed by atoms with Crippen LogP contribution in [0.1, 0.15) is 38.8 Å². The predicted octanol–water partition coefficient (Wildman–Crippen LogP) is 2.25. The molecular weight excluding hydrogens is 260 g/mol. The fraction of sp³-hybridized carbons (Fsp3) is 0.706. The molecule has 1 N–H and O–H groups in total. The van der Waals surface area contributed by atoms with E-state index < -0.39 is 0 Å². The molecule has 1 aromatic heterocycles. The Labute approximate surface area is 128 Å². The molecule has 3 heterocycles. The van der Waals surface area contributed by atoms with Gasteiger partial charge >= 0.3 is 0 Å². The van der Waals surface area contributed by atoms with Gasteiger partial charge in [0.15, 0.2) is 0 Å². The molecule has 21 heavy (non-hydrogen) atoms. The van der Waals surface area contributed by atoms with Crippen molar-refractivity contribution in [2.75, 3.05) is 31.1 Å². The van der Waals surface area contributed by atoms with Crippen LogP contribution < -0.4 is 10.2 Å². The fourth-order valence-corrected chi connectivity index (χ4v) is 3.68. The number of aromatic nitrogens is 1. The fourth-order valence-electron chi connectivity index (χ4n) is 3.68. The summed E-state index contributed by atoms with van der Waals surface area (Å²) in [6.07, 6.45) is 5.86. The van der Waals surface area contributed by atoms with E-state index in [0.29, 0.717) is 6.04 Å². The largest absolute Gasteiger partial charge is 0.366 e. The van der Waals surface area contributed by atoms with Crippen LogP contribution in [0.25, 0.3) is 0 Å². The summed E-state index contributed by atoms with van der Waals surface area (Å²) < 4.78 is 0. The van der Waals surface area contributed by atoms with Gasteiger partial charge in [-0.3, -0.25) is 9.88 Å². The molecule has 0 aliphatic carbocycles. The van der Waals surface area contributed by atoms with E-state index in [9.17, 15) is 0 Å². The summed E-state index contributed by atoms with van der Waals surface area (Å²) in [6.45, 7) is 10.2. The van der Waals surface area contributed by atoms with Gasteiger partial charge in [-0.05, 0) is 51.4 Å². The monoisotopic (exact) mass is 288 g/mol. The first kappa shape index (κ1) is 14.8. The van der Waals surface area contributed by atoms with Gasteiger partial charge in [0, 0.05) is 43.6 Å². The van der Waals surface area contributed by atoms with Crippen molar-refractivity contribution in [1.29, 1.82) is 0 Å². The van der Waals surface area contributed by atoms with Gasteiger partial charge in [0.05, 0.1) is 5.69 Å². The van der Waals surface area contributed by atoms with Gasteiger partial charge in [-0.25, -0.2) is 0 Å². The van der Waals surface area contributed by atoms with E-state index in [-0.39, 0.29) is 0 Å². The third-order valence-corrected chi connectivity index (χ3v) is 4.80. The van der Waals surface area contributed by atoms with Crippen molar-refractivity contribution in [2.45, 2.75) is 51.7 Å². The van der Waals surface area contributed by atoms with Crippen molar-refractivity contribution in [2.24, 2.45) is 0 Å². The molecule has 0 spiro atoms. The highest BCUT2D eigenvalue weighted by atomic mass is 15.3. The molecule has 0 amide bonds. The van der Waals surface area contributed by atoms with Crippen LogP contribution in [0.5, 0.6) is 0 Å². The minimum absolute atomic E-state index is 0.596. The van der Waals surface area contributed by atoms with Gasteiger partial charge in [0.2, 0.25) is 0 Å². The van der Waals surface area contributed by atoms with Crippen LogP contribution >= 0.6 is 0 Å². The van der Waals surface area contributed by atoms with Gasteiger partial charge in [0.1, 0.15) is 0 Å². The summed E-state index contributed by atoms with van der Waals surface area (Å²) in [5.74, 6) is 0. The lowest BCUT2D eigenvalue weighted by atomic mass is 10.1. The zero-order valence-electron chi connectivity index (χ0n) is 13.4. The number of piperazine rings is 1. The Morgan fingerprint density at radius 1 is 1.38 bits per heavy atom. The topological polar surface area (TPSA) is 31.4 Å². The average molecular weight is 288 g/mol. The summed E-state index contributed by atoms with van der Waals surface area (Å²) in [6, 6.07) is 5.79. The first-order valence-electron chi connectivity index (χ1n) is 8.44. The first-order valence-corrected chi connectivity index (χ1v) is 8.44. The second-order valence-electron chi connectivity index (χ2n) is 6.47. The lowest BCUT2D eigenvalue weighted by Crippen LogP contribution is -2.55. The molecular formula is C17H28N4. The molecule has 2 fully saturated rings. The predicted molar refractivity (Wildman–Crippen MR) is 87.6 cm³/mol. The van der Waals surface area contributed by atoms with Crippen molar-refractivity contribution in [3.05, 3.63) is 24.0 Å². The molecule has 3 rings (SSSR count). The number of nitrogens with one attached hydrogen (secondary N) is 1. The molecule has 0 aromatic carbocycles. The van der Waals surface area contributed by atoms with Crippen molar-refractivity contribution < 1.29 is 0 Å². The lowest BCUT2D eigenvalue weighted by molar-refractivity contribution is 0.203. The maximum absolute atomic E-state index is 4.50. The van der Waals surface area contributed by atoms with Gasteiger partial charge in [-0.2, -0.15) is 0 Å². The van der Waals surface area contributed by atoms with E-state index in [0.717, 1.165) is 24.8 Å². The van der Waals surface area contributed by atoms with Gasteiger partial charge in [0.25, 0.3) is 0 Å². The van der Waals surface area contributed by atoms with Crippen molar-refractivity contribution >= 4 is 5.69 Å². The third-order valence-electron chi connectivity index (χ3n) is 4.80. The highest BCUT2D eigenvalue weighted by molar-refractivity contribution is 5.48. The number of nitrogens with zero attached hydrogens (tertiary/aromatic N) is 3. The summed E-state index contributed by atoms with van der Waals surface area (Å²) in [5, 5.41) is 3.44. The van der Waals surface area contributed by atoms with Crippen LogP contribution in [0.4, 0.5) is 5.69 Å². The number of pyridine rings is 1. The Morgan fingerprint density at radius 3 is 3.14 bits per heavy atom. The van der Waals surface area contributed by atoms with Crippen LogP contribution in [-0.4, -0.2) is 48.1 Å². The van der Waals surface area contributed by atoms with Crippen LogP contribution in [0, 0.1) is 0 Å². The number of hydrogen-bond donors (Lipinski definition) is 1.